The van der Waals surface area contributed by atoms with Crippen molar-refractivity contribution < 1.29 is 5.11 Å². The van der Waals surface area contributed by atoms with E-state index in [0.717, 1.165) is 22.5 Å². The second-order valence-corrected chi connectivity index (χ2v) is 3.89. The second kappa shape index (κ2) is 4.27. The Morgan fingerprint density at radius 2 is 1.62 bits per heavy atom. The first-order valence-electron chi connectivity index (χ1n) is 5.29. The zero-order chi connectivity index (χ0) is 11.5. The molecule has 0 aliphatic heterocycles. The van der Waals surface area contributed by atoms with Crippen molar-refractivity contribution in [2.75, 3.05) is 5.32 Å². The van der Waals surface area contributed by atoms with Crippen molar-refractivity contribution in [3.63, 3.8) is 0 Å². The van der Waals surface area contributed by atoms with Crippen molar-refractivity contribution in [2.24, 2.45) is 0 Å². The molecule has 2 rings (SSSR count). The lowest BCUT2D eigenvalue weighted by molar-refractivity contribution is 0.477. The first kappa shape index (κ1) is 10.6. The van der Waals surface area contributed by atoms with Crippen LogP contribution in [0.2, 0.25) is 0 Å². The minimum Gasteiger partial charge on any atom is -0.506 e. The van der Waals surface area contributed by atoms with Crippen molar-refractivity contribution in [1.82, 2.24) is 0 Å². The standard InChI is InChI=1S/C14H15NO/c1-10-8-9-13(16)14(11(10)2)15-12-6-4-3-5-7-12/h3-9,15-16H,1-2H3. The molecule has 2 heteroatoms. The van der Waals surface area contributed by atoms with Gasteiger partial charge in [-0.05, 0) is 43.2 Å². The lowest BCUT2D eigenvalue weighted by Crippen LogP contribution is -1.95. The van der Waals surface area contributed by atoms with E-state index in [9.17, 15) is 5.11 Å². The van der Waals surface area contributed by atoms with Crippen molar-refractivity contribution in [1.29, 1.82) is 0 Å². The Morgan fingerprint density at radius 3 is 2.31 bits per heavy atom. The van der Waals surface area contributed by atoms with Crippen molar-refractivity contribution in [2.45, 2.75) is 13.8 Å². The van der Waals surface area contributed by atoms with Gasteiger partial charge in [0.1, 0.15) is 5.75 Å². The van der Waals surface area contributed by atoms with Crippen LogP contribution in [0.25, 0.3) is 0 Å². The third-order valence-corrected chi connectivity index (χ3v) is 2.76. The van der Waals surface area contributed by atoms with Crippen LogP contribution in [-0.2, 0) is 0 Å². The van der Waals surface area contributed by atoms with Crippen LogP contribution in [0.15, 0.2) is 42.5 Å². The Hall–Kier alpha value is -1.96. The minimum atomic E-state index is 0.284. The van der Waals surface area contributed by atoms with E-state index in [4.69, 9.17) is 0 Å². The largest absolute Gasteiger partial charge is 0.506 e. The number of rotatable bonds is 2. The number of nitrogens with one attached hydrogen (secondary N) is 1. The fourth-order valence-electron chi connectivity index (χ4n) is 1.63. The fraction of sp³-hybridized carbons (Fsp3) is 0.143. The van der Waals surface area contributed by atoms with Gasteiger partial charge in [0.05, 0.1) is 5.69 Å². The topological polar surface area (TPSA) is 32.3 Å². The van der Waals surface area contributed by atoms with E-state index in [1.54, 1.807) is 6.07 Å². The number of phenols is 1. The van der Waals surface area contributed by atoms with E-state index in [1.165, 1.54) is 0 Å². The molecule has 0 amide bonds. The highest BCUT2D eigenvalue weighted by molar-refractivity contribution is 5.70. The highest BCUT2D eigenvalue weighted by atomic mass is 16.3. The summed E-state index contributed by atoms with van der Waals surface area (Å²) in [4.78, 5) is 0. The molecule has 0 saturated heterocycles. The van der Waals surface area contributed by atoms with Gasteiger partial charge in [0, 0.05) is 5.69 Å². The van der Waals surface area contributed by atoms with Gasteiger partial charge < -0.3 is 10.4 Å². The Balaban J connectivity index is 2.38. The summed E-state index contributed by atoms with van der Waals surface area (Å²) in [6.45, 7) is 4.03. The predicted octanol–water partition coefficient (Wildman–Crippen LogP) is 3.75. The molecule has 0 heterocycles. The van der Waals surface area contributed by atoms with Crippen LogP contribution < -0.4 is 5.32 Å². The van der Waals surface area contributed by atoms with E-state index in [1.807, 2.05) is 50.2 Å². The molecule has 16 heavy (non-hydrogen) atoms. The molecule has 2 nitrogen and oxygen atoms in total. The molecular weight excluding hydrogens is 198 g/mol. The molecule has 0 unspecified atom stereocenters. The van der Waals surface area contributed by atoms with Gasteiger partial charge in [-0.15, -0.1) is 0 Å². The van der Waals surface area contributed by atoms with Gasteiger partial charge in [-0.1, -0.05) is 24.3 Å². The highest BCUT2D eigenvalue weighted by Crippen LogP contribution is 2.31. The van der Waals surface area contributed by atoms with Gasteiger partial charge in [-0.25, -0.2) is 0 Å². The fourth-order valence-corrected chi connectivity index (χ4v) is 1.63. The molecule has 2 aromatic rings. The quantitative estimate of drug-likeness (QED) is 0.744. The SMILES string of the molecule is Cc1ccc(O)c(Nc2ccccc2)c1C. The summed E-state index contributed by atoms with van der Waals surface area (Å²) in [6, 6.07) is 13.5. The smallest absolute Gasteiger partial charge is 0.139 e. The summed E-state index contributed by atoms with van der Waals surface area (Å²) in [5, 5.41) is 13.0. The maximum absolute atomic E-state index is 9.81. The molecule has 0 fully saturated rings. The Kier molecular flexibility index (Phi) is 2.82. The van der Waals surface area contributed by atoms with E-state index < -0.39 is 0 Å². The average Bonchev–Trinajstić information content (AvgIpc) is 2.31. The summed E-state index contributed by atoms with van der Waals surface area (Å²) < 4.78 is 0. The van der Waals surface area contributed by atoms with Crippen LogP contribution in [0.4, 0.5) is 11.4 Å². The molecule has 0 aliphatic rings. The minimum absolute atomic E-state index is 0.284. The second-order valence-electron chi connectivity index (χ2n) is 3.89. The molecule has 82 valence electrons. The molecule has 2 aromatic carbocycles. The van der Waals surface area contributed by atoms with Crippen molar-refractivity contribution in [3.8, 4) is 5.75 Å². The van der Waals surface area contributed by atoms with Crippen LogP contribution in [0.5, 0.6) is 5.75 Å². The number of anilines is 2. The van der Waals surface area contributed by atoms with E-state index in [2.05, 4.69) is 5.32 Å². The molecule has 0 saturated carbocycles. The van der Waals surface area contributed by atoms with Crippen molar-refractivity contribution in [3.05, 3.63) is 53.6 Å². The van der Waals surface area contributed by atoms with Gasteiger partial charge in [-0.2, -0.15) is 0 Å². The monoisotopic (exact) mass is 213 g/mol. The molecule has 0 aliphatic carbocycles. The molecule has 0 atom stereocenters. The zero-order valence-electron chi connectivity index (χ0n) is 9.49. The first-order valence-corrected chi connectivity index (χ1v) is 5.29. The Labute approximate surface area is 95.6 Å². The molecule has 0 radical (unpaired) electrons. The number of hydrogen-bond donors (Lipinski definition) is 2. The molecule has 2 N–H and O–H groups in total. The zero-order valence-corrected chi connectivity index (χ0v) is 9.49. The molecule has 0 bridgehead atoms. The lowest BCUT2D eigenvalue weighted by atomic mass is 10.1. The van der Waals surface area contributed by atoms with E-state index in [0.29, 0.717) is 0 Å². The number of aromatic hydroxyl groups is 1. The average molecular weight is 213 g/mol. The van der Waals surface area contributed by atoms with Crippen molar-refractivity contribution >= 4 is 11.4 Å². The van der Waals surface area contributed by atoms with Crippen LogP contribution in [-0.4, -0.2) is 5.11 Å². The van der Waals surface area contributed by atoms with E-state index in [-0.39, 0.29) is 5.75 Å². The van der Waals surface area contributed by atoms with Gasteiger partial charge in [0.15, 0.2) is 0 Å². The van der Waals surface area contributed by atoms with Crippen LogP contribution in [0.3, 0.4) is 0 Å². The third-order valence-electron chi connectivity index (χ3n) is 2.76. The van der Waals surface area contributed by atoms with Gasteiger partial charge in [0.2, 0.25) is 0 Å². The summed E-state index contributed by atoms with van der Waals surface area (Å²) in [5.41, 5.74) is 4.00. The summed E-state index contributed by atoms with van der Waals surface area (Å²) in [5.74, 6) is 0.284. The van der Waals surface area contributed by atoms with Crippen LogP contribution in [0, 0.1) is 13.8 Å². The molecule has 0 aromatic heterocycles. The van der Waals surface area contributed by atoms with E-state index >= 15 is 0 Å². The summed E-state index contributed by atoms with van der Waals surface area (Å²) >= 11 is 0. The van der Waals surface area contributed by atoms with Gasteiger partial charge in [-0.3, -0.25) is 0 Å². The summed E-state index contributed by atoms with van der Waals surface area (Å²) in [7, 11) is 0. The number of phenolic OH excluding ortho intramolecular Hbond substituents is 1. The maximum atomic E-state index is 9.81. The lowest BCUT2D eigenvalue weighted by Gasteiger charge is -2.13. The Bertz CT molecular complexity index is 492. The number of hydrogen-bond acceptors (Lipinski definition) is 2. The third kappa shape index (κ3) is 2.01. The number of aryl methyl sites for hydroxylation is 1. The number of benzene rings is 2. The first-order chi connectivity index (χ1) is 7.68. The summed E-state index contributed by atoms with van der Waals surface area (Å²) in [6.07, 6.45) is 0. The van der Waals surface area contributed by atoms with Crippen LogP contribution in [0.1, 0.15) is 11.1 Å². The van der Waals surface area contributed by atoms with Gasteiger partial charge >= 0.3 is 0 Å². The normalized spacial score (nSPS) is 10.1. The molecular formula is C14H15NO. The highest BCUT2D eigenvalue weighted by Gasteiger charge is 2.06. The molecule has 0 spiro atoms. The predicted molar refractivity (Wildman–Crippen MR) is 67.3 cm³/mol. The Morgan fingerprint density at radius 1 is 0.938 bits per heavy atom. The maximum Gasteiger partial charge on any atom is 0.139 e. The van der Waals surface area contributed by atoms with Crippen LogP contribution >= 0.6 is 0 Å². The number of para-hydroxylation sites is 1. The van der Waals surface area contributed by atoms with Gasteiger partial charge in [0.25, 0.3) is 0 Å².